The van der Waals surface area contributed by atoms with E-state index in [4.69, 9.17) is 11.8 Å². The van der Waals surface area contributed by atoms with Crippen molar-refractivity contribution in [1.82, 2.24) is 9.74 Å². The molecule has 0 unspecified atom stereocenters. The van der Waals surface area contributed by atoms with E-state index in [1.807, 2.05) is 0 Å². The Labute approximate surface area is 112 Å². The van der Waals surface area contributed by atoms with Gasteiger partial charge < -0.3 is 5.32 Å². The monoisotopic (exact) mass is 290 g/mol. The molecule has 0 bridgehead atoms. The van der Waals surface area contributed by atoms with E-state index in [2.05, 4.69) is 5.32 Å². The molecule has 0 spiro atoms. The summed E-state index contributed by atoms with van der Waals surface area (Å²) in [5, 5.41) is 2.61. The van der Waals surface area contributed by atoms with Crippen LogP contribution in [0.3, 0.4) is 0 Å². The summed E-state index contributed by atoms with van der Waals surface area (Å²) in [5.41, 5.74) is -0.705. The van der Waals surface area contributed by atoms with Crippen molar-refractivity contribution in [2.45, 2.75) is 18.1 Å². The standard InChI is InChI=1S/C12H10ClF3N2O/c13-18-4-7-6-2-1-3-8(12(14,15)16)10(6)11(19)17-9(7)5-18/h1-3,7,9H,4-5H2,(H,17,19)/t7-,9+/m0/s1. The summed E-state index contributed by atoms with van der Waals surface area (Å²) in [6.07, 6.45) is -4.53. The van der Waals surface area contributed by atoms with Gasteiger partial charge in [-0.2, -0.15) is 13.2 Å². The highest BCUT2D eigenvalue weighted by Gasteiger charge is 2.44. The van der Waals surface area contributed by atoms with Crippen molar-refractivity contribution in [2.75, 3.05) is 13.1 Å². The fraction of sp³-hybridized carbons (Fsp3) is 0.417. The van der Waals surface area contributed by atoms with Gasteiger partial charge in [0, 0.05) is 19.0 Å². The first-order valence-electron chi connectivity index (χ1n) is 5.79. The minimum atomic E-state index is -4.53. The SMILES string of the molecule is O=C1N[C@@H]2CN(Cl)C[C@H]2c2cccc(C(F)(F)F)c21. The van der Waals surface area contributed by atoms with Crippen molar-refractivity contribution in [3.63, 3.8) is 0 Å². The van der Waals surface area contributed by atoms with E-state index in [-0.39, 0.29) is 17.5 Å². The number of rotatable bonds is 0. The van der Waals surface area contributed by atoms with Gasteiger partial charge in [0.1, 0.15) is 0 Å². The first-order valence-corrected chi connectivity index (χ1v) is 6.13. The van der Waals surface area contributed by atoms with E-state index in [1.165, 1.54) is 10.5 Å². The summed E-state index contributed by atoms with van der Waals surface area (Å²) >= 11 is 5.89. The smallest absolute Gasteiger partial charge is 0.347 e. The highest BCUT2D eigenvalue weighted by molar-refractivity contribution is 6.13. The molecule has 1 fully saturated rings. The zero-order valence-electron chi connectivity index (χ0n) is 9.67. The molecule has 3 rings (SSSR count). The van der Waals surface area contributed by atoms with Crippen molar-refractivity contribution < 1.29 is 18.0 Å². The molecule has 0 aliphatic carbocycles. The lowest BCUT2D eigenvalue weighted by Crippen LogP contribution is -2.45. The van der Waals surface area contributed by atoms with Gasteiger partial charge in [-0.05, 0) is 23.4 Å². The number of carbonyl (C=O) groups is 1. The number of amides is 1. The van der Waals surface area contributed by atoms with E-state index in [1.54, 1.807) is 6.07 Å². The predicted molar refractivity (Wildman–Crippen MR) is 62.9 cm³/mol. The third-order valence-corrected chi connectivity index (χ3v) is 3.90. The maximum Gasteiger partial charge on any atom is 0.417 e. The summed E-state index contributed by atoms with van der Waals surface area (Å²) in [6, 6.07) is 3.64. The molecule has 2 atom stereocenters. The number of nitrogens with one attached hydrogen (secondary N) is 1. The van der Waals surface area contributed by atoms with Crippen molar-refractivity contribution in [2.24, 2.45) is 0 Å². The van der Waals surface area contributed by atoms with Crippen LogP contribution in [0.25, 0.3) is 0 Å². The van der Waals surface area contributed by atoms with E-state index >= 15 is 0 Å². The summed E-state index contributed by atoms with van der Waals surface area (Å²) in [6.45, 7) is 0.870. The van der Waals surface area contributed by atoms with Crippen LogP contribution >= 0.6 is 11.8 Å². The average molecular weight is 291 g/mol. The molecular formula is C12H10ClF3N2O. The Morgan fingerprint density at radius 2 is 2.05 bits per heavy atom. The molecule has 1 aromatic rings. The summed E-state index contributed by atoms with van der Waals surface area (Å²) in [4.78, 5) is 11.9. The molecule has 19 heavy (non-hydrogen) atoms. The zero-order chi connectivity index (χ0) is 13.8. The maximum absolute atomic E-state index is 13.0. The Balaban J connectivity index is 2.15. The van der Waals surface area contributed by atoms with E-state index in [0.717, 1.165) is 6.07 Å². The molecule has 1 amide bonds. The van der Waals surface area contributed by atoms with Crippen LogP contribution in [-0.2, 0) is 6.18 Å². The molecule has 3 nitrogen and oxygen atoms in total. The van der Waals surface area contributed by atoms with Gasteiger partial charge in [-0.3, -0.25) is 4.79 Å². The number of fused-ring (bicyclic) bond motifs is 3. The van der Waals surface area contributed by atoms with Crippen LogP contribution < -0.4 is 5.32 Å². The number of alkyl halides is 3. The van der Waals surface area contributed by atoms with Crippen molar-refractivity contribution in [3.05, 3.63) is 34.9 Å². The second-order valence-corrected chi connectivity index (χ2v) is 5.26. The molecule has 2 aliphatic heterocycles. The Bertz CT molecular complexity index is 546. The fourth-order valence-electron chi connectivity index (χ4n) is 2.83. The van der Waals surface area contributed by atoms with Gasteiger partial charge in [0.25, 0.3) is 5.91 Å². The Morgan fingerprint density at radius 3 is 2.74 bits per heavy atom. The van der Waals surface area contributed by atoms with Crippen LogP contribution in [0.4, 0.5) is 13.2 Å². The van der Waals surface area contributed by atoms with Gasteiger partial charge in [-0.1, -0.05) is 12.1 Å². The van der Waals surface area contributed by atoms with Gasteiger partial charge >= 0.3 is 6.18 Å². The van der Waals surface area contributed by atoms with Gasteiger partial charge in [0.15, 0.2) is 0 Å². The summed E-state index contributed by atoms with van der Waals surface area (Å²) in [7, 11) is 0. The molecule has 1 saturated heterocycles. The second kappa shape index (κ2) is 4.11. The third-order valence-electron chi connectivity index (χ3n) is 3.62. The molecule has 102 valence electrons. The van der Waals surface area contributed by atoms with Crippen LogP contribution in [0.2, 0.25) is 0 Å². The van der Waals surface area contributed by atoms with Crippen molar-refractivity contribution in [1.29, 1.82) is 0 Å². The molecule has 0 aromatic heterocycles. The molecule has 0 saturated carbocycles. The number of nitrogens with zero attached hydrogens (tertiary/aromatic N) is 1. The number of carbonyl (C=O) groups excluding carboxylic acids is 1. The highest BCUT2D eigenvalue weighted by Crippen LogP contribution is 2.40. The average Bonchev–Trinajstić information content (AvgIpc) is 2.68. The quantitative estimate of drug-likeness (QED) is 0.744. The molecule has 2 heterocycles. The summed E-state index contributed by atoms with van der Waals surface area (Å²) in [5.74, 6) is -0.858. The number of halogens is 4. The Morgan fingerprint density at radius 1 is 1.32 bits per heavy atom. The molecule has 2 aliphatic rings. The topological polar surface area (TPSA) is 32.3 Å². The molecule has 1 N–H and O–H groups in total. The Kier molecular flexibility index (Phi) is 2.76. The Hall–Kier alpha value is -1.27. The van der Waals surface area contributed by atoms with Crippen molar-refractivity contribution >= 4 is 17.7 Å². The first kappa shape index (κ1) is 12.7. The van der Waals surface area contributed by atoms with Crippen LogP contribution in [0, 0.1) is 0 Å². The number of hydrogen-bond acceptors (Lipinski definition) is 2. The van der Waals surface area contributed by atoms with Gasteiger partial charge in [-0.15, -0.1) is 0 Å². The molecule has 1 aromatic carbocycles. The maximum atomic E-state index is 13.0. The largest absolute Gasteiger partial charge is 0.417 e. The molecule has 0 radical (unpaired) electrons. The van der Waals surface area contributed by atoms with E-state index < -0.39 is 17.6 Å². The van der Waals surface area contributed by atoms with Gasteiger partial charge in [-0.25, -0.2) is 4.42 Å². The molecule has 7 heteroatoms. The highest BCUT2D eigenvalue weighted by atomic mass is 35.5. The zero-order valence-corrected chi connectivity index (χ0v) is 10.4. The minimum Gasteiger partial charge on any atom is -0.347 e. The normalized spacial score (nSPS) is 26.8. The molecular weight excluding hydrogens is 281 g/mol. The van der Waals surface area contributed by atoms with Crippen molar-refractivity contribution in [3.8, 4) is 0 Å². The minimum absolute atomic E-state index is 0.188. The number of benzene rings is 1. The lowest BCUT2D eigenvalue weighted by atomic mass is 9.84. The third kappa shape index (κ3) is 1.99. The van der Waals surface area contributed by atoms with Crippen LogP contribution in [0.5, 0.6) is 0 Å². The summed E-state index contributed by atoms with van der Waals surface area (Å²) < 4.78 is 40.4. The second-order valence-electron chi connectivity index (χ2n) is 4.78. The van der Waals surface area contributed by atoms with E-state index in [9.17, 15) is 18.0 Å². The number of hydrogen-bond donors (Lipinski definition) is 1. The van der Waals surface area contributed by atoms with Gasteiger partial charge in [0.05, 0.1) is 17.2 Å². The first-order chi connectivity index (χ1) is 8.88. The van der Waals surface area contributed by atoms with Crippen LogP contribution in [0.1, 0.15) is 27.4 Å². The van der Waals surface area contributed by atoms with Crippen LogP contribution in [0.15, 0.2) is 18.2 Å². The fourth-order valence-corrected chi connectivity index (χ4v) is 3.12. The lowest BCUT2D eigenvalue weighted by molar-refractivity contribution is -0.138. The lowest BCUT2D eigenvalue weighted by Gasteiger charge is -2.29. The van der Waals surface area contributed by atoms with Gasteiger partial charge in [0.2, 0.25) is 0 Å². The van der Waals surface area contributed by atoms with E-state index in [0.29, 0.717) is 18.7 Å². The van der Waals surface area contributed by atoms with Crippen LogP contribution in [-0.4, -0.2) is 29.5 Å². The predicted octanol–water partition coefficient (Wildman–Crippen LogP) is 2.37.